The van der Waals surface area contributed by atoms with Crippen LogP contribution in [0.4, 0.5) is 4.39 Å². The van der Waals surface area contributed by atoms with Crippen molar-refractivity contribution in [1.29, 1.82) is 0 Å². The van der Waals surface area contributed by atoms with E-state index in [4.69, 9.17) is 4.74 Å². The van der Waals surface area contributed by atoms with Gasteiger partial charge >= 0.3 is 5.97 Å². The number of hydrogen-bond donors (Lipinski definition) is 1. The molecule has 0 spiro atoms. The largest absolute Gasteiger partial charge is 0.467 e. The van der Waals surface area contributed by atoms with Crippen molar-refractivity contribution >= 4 is 21.9 Å². The van der Waals surface area contributed by atoms with E-state index in [2.05, 4.69) is 21.2 Å². The average molecular weight is 318 g/mol. The van der Waals surface area contributed by atoms with Crippen LogP contribution in [0.2, 0.25) is 0 Å². The molecule has 100 valence electrons. The van der Waals surface area contributed by atoms with Crippen LogP contribution in [-0.4, -0.2) is 19.1 Å². The Hall–Kier alpha value is -0.940. The summed E-state index contributed by atoms with van der Waals surface area (Å²) in [5.74, 6) is -0.965. The van der Waals surface area contributed by atoms with Gasteiger partial charge in [-0.05, 0) is 39.0 Å². The van der Waals surface area contributed by atoms with Crippen molar-refractivity contribution in [2.24, 2.45) is 0 Å². The summed E-state index contributed by atoms with van der Waals surface area (Å²) in [6, 6.07) is 4.50. The van der Waals surface area contributed by atoms with Crippen LogP contribution in [0.1, 0.15) is 26.3 Å². The van der Waals surface area contributed by atoms with Crippen molar-refractivity contribution < 1.29 is 13.9 Å². The predicted octanol–water partition coefficient (Wildman–Crippen LogP) is 2.97. The Kier molecular flexibility index (Phi) is 4.87. The van der Waals surface area contributed by atoms with Crippen molar-refractivity contribution in [3.63, 3.8) is 0 Å². The van der Waals surface area contributed by atoms with Gasteiger partial charge in [0.1, 0.15) is 11.4 Å². The minimum atomic E-state index is -1.21. The van der Waals surface area contributed by atoms with Gasteiger partial charge in [-0.25, -0.2) is 9.18 Å². The maximum Gasteiger partial charge on any atom is 0.330 e. The van der Waals surface area contributed by atoms with Crippen molar-refractivity contribution in [2.45, 2.75) is 32.4 Å². The Morgan fingerprint density at radius 3 is 2.61 bits per heavy atom. The lowest BCUT2D eigenvalue weighted by Gasteiger charge is -2.31. The molecule has 1 atom stereocenters. The summed E-state index contributed by atoms with van der Waals surface area (Å²) in [6.07, 6.45) is 0. The monoisotopic (exact) mass is 317 g/mol. The lowest BCUT2D eigenvalue weighted by molar-refractivity contribution is -0.148. The number of carbonyl (C=O) groups excluding carboxylic acids is 1. The van der Waals surface area contributed by atoms with Crippen LogP contribution in [-0.2, 0) is 15.1 Å². The van der Waals surface area contributed by atoms with E-state index in [1.807, 2.05) is 13.8 Å². The van der Waals surface area contributed by atoms with Crippen LogP contribution in [0, 0.1) is 5.82 Å². The number of benzene rings is 1. The Morgan fingerprint density at radius 1 is 1.50 bits per heavy atom. The molecular weight excluding hydrogens is 301 g/mol. The van der Waals surface area contributed by atoms with E-state index < -0.39 is 17.3 Å². The fraction of sp³-hybridized carbons (Fsp3) is 0.462. The van der Waals surface area contributed by atoms with Gasteiger partial charge in [0, 0.05) is 16.1 Å². The quantitative estimate of drug-likeness (QED) is 0.868. The van der Waals surface area contributed by atoms with Crippen LogP contribution in [0.5, 0.6) is 0 Å². The van der Waals surface area contributed by atoms with E-state index in [-0.39, 0.29) is 11.6 Å². The van der Waals surface area contributed by atoms with Crippen molar-refractivity contribution in [3.8, 4) is 0 Å². The molecule has 0 aromatic heterocycles. The molecule has 1 aromatic carbocycles. The lowest BCUT2D eigenvalue weighted by atomic mass is 9.90. The highest BCUT2D eigenvalue weighted by atomic mass is 79.9. The fourth-order valence-electron chi connectivity index (χ4n) is 1.91. The third kappa shape index (κ3) is 3.09. The number of ether oxygens (including phenoxy) is 1. The Bertz CT molecular complexity index is 451. The molecule has 0 radical (unpaired) electrons. The standard InChI is InChI=1S/C13H17BrFNO2/c1-8(2)16-13(3,12(17)18-4)10-7-9(14)5-6-11(10)15/h5-8,16H,1-4H3. The third-order valence-electron chi connectivity index (χ3n) is 2.64. The number of hydrogen-bond acceptors (Lipinski definition) is 3. The second-order valence-corrected chi connectivity index (χ2v) is 5.46. The summed E-state index contributed by atoms with van der Waals surface area (Å²) >= 11 is 3.28. The highest BCUT2D eigenvalue weighted by Crippen LogP contribution is 2.28. The van der Waals surface area contributed by atoms with E-state index in [1.54, 1.807) is 19.1 Å². The zero-order valence-corrected chi connectivity index (χ0v) is 12.5. The number of halogens is 2. The van der Waals surface area contributed by atoms with Crippen molar-refractivity contribution in [2.75, 3.05) is 7.11 Å². The highest BCUT2D eigenvalue weighted by Gasteiger charge is 2.39. The van der Waals surface area contributed by atoms with Gasteiger partial charge in [0.15, 0.2) is 0 Å². The summed E-state index contributed by atoms with van der Waals surface area (Å²) in [5, 5.41) is 3.06. The molecule has 0 saturated heterocycles. The molecule has 0 heterocycles. The molecule has 0 bridgehead atoms. The predicted molar refractivity (Wildman–Crippen MR) is 71.7 cm³/mol. The first-order valence-corrected chi connectivity index (χ1v) is 6.42. The van der Waals surface area contributed by atoms with Crippen LogP contribution < -0.4 is 5.32 Å². The molecular formula is C13H17BrFNO2. The first-order chi connectivity index (χ1) is 8.31. The van der Waals surface area contributed by atoms with Gasteiger partial charge in [-0.15, -0.1) is 0 Å². The van der Waals surface area contributed by atoms with Crippen LogP contribution in [0.15, 0.2) is 22.7 Å². The van der Waals surface area contributed by atoms with Gasteiger partial charge in [-0.3, -0.25) is 5.32 Å². The second-order valence-electron chi connectivity index (χ2n) is 4.54. The van der Waals surface area contributed by atoms with E-state index >= 15 is 0 Å². The molecule has 1 aromatic rings. The Morgan fingerprint density at radius 2 is 2.11 bits per heavy atom. The number of nitrogens with one attached hydrogen (secondary N) is 1. The molecule has 1 unspecified atom stereocenters. The van der Waals surface area contributed by atoms with E-state index in [9.17, 15) is 9.18 Å². The Balaban J connectivity index is 3.33. The summed E-state index contributed by atoms with van der Waals surface area (Å²) in [7, 11) is 1.29. The summed E-state index contributed by atoms with van der Waals surface area (Å²) in [6.45, 7) is 5.39. The van der Waals surface area contributed by atoms with Gasteiger partial charge in [-0.2, -0.15) is 0 Å². The number of methoxy groups -OCH3 is 1. The summed E-state index contributed by atoms with van der Waals surface area (Å²) in [4.78, 5) is 12.0. The topological polar surface area (TPSA) is 38.3 Å². The highest BCUT2D eigenvalue weighted by molar-refractivity contribution is 9.10. The normalized spacial score (nSPS) is 14.4. The number of esters is 1. The SMILES string of the molecule is COC(=O)C(C)(NC(C)C)c1cc(Br)ccc1F. The van der Waals surface area contributed by atoms with Gasteiger partial charge < -0.3 is 4.74 Å². The maximum atomic E-state index is 13.9. The van der Waals surface area contributed by atoms with Crippen molar-refractivity contribution in [1.82, 2.24) is 5.32 Å². The smallest absolute Gasteiger partial charge is 0.330 e. The van der Waals surface area contributed by atoms with Gasteiger partial charge in [-0.1, -0.05) is 15.9 Å². The summed E-state index contributed by atoms with van der Waals surface area (Å²) in [5.41, 5.74) is -0.950. The maximum absolute atomic E-state index is 13.9. The molecule has 1 rings (SSSR count). The van der Waals surface area contributed by atoms with E-state index in [1.165, 1.54) is 13.2 Å². The minimum absolute atomic E-state index is 0.00693. The molecule has 0 aliphatic carbocycles. The molecule has 0 saturated carbocycles. The molecule has 5 heteroatoms. The van der Waals surface area contributed by atoms with E-state index in [0.29, 0.717) is 4.47 Å². The zero-order valence-electron chi connectivity index (χ0n) is 10.9. The molecule has 18 heavy (non-hydrogen) atoms. The van der Waals surface area contributed by atoms with E-state index in [0.717, 1.165) is 0 Å². The zero-order chi connectivity index (χ0) is 13.9. The fourth-order valence-corrected chi connectivity index (χ4v) is 2.27. The van der Waals surface area contributed by atoms with Crippen LogP contribution in [0.3, 0.4) is 0 Å². The molecule has 3 nitrogen and oxygen atoms in total. The summed E-state index contributed by atoms with van der Waals surface area (Å²) < 4.78 is 19.4. The second kappa shape index (κ2) is 5.80. The van der Waals surface area contributed by atoms with Gasteiger partial charge in [0.05, 0.1) is 7.11 Å². The third-order valence-corrected chi connectivity index (χ3v) is 3.13. The number of carbonyl (C=O) groups is 1. The average Bonchev–Trinajstić information content (AvgIpc) is 2.30. The molecule has 0 fully saturated rings. The number of rotatable bonds is 4. The lowest BCUT2D eigenvalue weighted by Crippen LogP contribution is -2.50. The minimum Gasteiger partial charge on any atom is -0.467 e. The van der Waals surface area contributed by atoms with Gasteiger partial charge in [0.25, 0.3) is 0 Å². The Labute approximate surface area is 115 Å². The van der Waals surface area contributed by atoms with Crippen LogP contribution in [0.25, 0.3) is 0 Å². The first kappa shape index (κ1) is 15.1. The molecule has 1 N–H and O–H groups in total. The first-order valence-electron chi connectivity index (χ1n) is 5.63. The molecule has 0 aliphatic rings. The molecule has 0 amide bonds. The molecule has 0 aliphatic heterocycles. The van der Waals surface area contributed by atoms with Gasteiger partial charge in [0.2, 0.25) is 0 Å². The van der Waals surface area contributed by atoms with Crippen LogP contribution >= 0.6 is 15.9 Å². The van der Waals surface area contributed by atoms with Crippen molar-refractivity contribution in [3.05, 3.63) is 34.1 Å².